The molecule has 0 saturated carbocycles. The van der Waals surface area contributed by atoms with Crippen LogP contribution in [0.1, 0.15) is 123 Å². The minimum absolute atomic E-state index is 0.0838. The Labute approximate surface area is 245 Å². The van der Waals surface area contributed by atoms with Crippen molar-refractivity contribution >= 4 is 16.0 Å². The van der Waals surface area contributed by atoms with E-state index in [2.05, 4.69) is 61.7 Å². The SMILES string of the molecule is CC/C=C\C/C=C\C/C=C\C/C=C\C/C=C\CC(=O)NC(CS(=O)(=O)O)C(O)CCCCCCCCCCCC. The van der Waals surface area contributed by atoms with Gasteiger partial charge in [0.15, 0.2) is 0 Å². The summed E-state index contributed by atoms with van der Waals surface area (Å²) in [7, 11) is -4.33. The van der Waals surface area contributed by atoms with Gasteiger partial charge in [-0.3, -0.25) is 9.35 Å². The zero-order chi connectivity index (χ0) is 29.7. The monoisotopic (exact) mass is 579 g/mol. The molecule has 0 aliphatic rings. The summed E-state index contributed by atoms with van der Waals surface area (Å²) in [6, 6.07) is -1.02. The number of allylic oxidation sites excluding steroid dienone is 9. The number of hydrogen-bond acceptors (Lipinski definition) is 4. The van der Waals surface area contributed by atoms with Gasteiger partial charge in [-0.2, -0.15) is 8.42 Å². The van der Waals surface area contributed by atoms with Crippen LogP contribution in [0.4, 0.5) is 0 Å². The largest absolute Gasteiger partial charge is 0.391 e. The Morgan fingerprint density at radius 1 is 0.675 bits per heavy atom. The number of aliphatic hydroxyl groups excluding tert-OH is 1. The molecule has 6 nitrogen and oxygen atoms in total. The molecule has 1 amide bonds. The number of carbonyl (C=O) groups excluding carboxylic acids is 1. The smallest absolute Gasteiger partial charge is 0.266 e. The number of aliphatic hydroxyl groups is 1. The average Bonchev–Trinajstić information content (AvgIpc) is 2.90. The Morgan fingerprint density at radius 2 is 1.10 bits per heavy atom. The van der Waals surface area contributed by atoms with Crippen LogP contribution in [0.2, 0.25) is 0 Å². The lowest BCUT2D eigenvalue weighted by Gasteiger charge is -2.23. The summed E-state index contributed by atoms with van der Waals surface area (Å²) in [6.07, 6.45) is 36.2. The maximum Gasteiger partial charge on any atom is 0.266 e. The van der Waals surface area contributed by atoms with Crippen molar-refractivity contribution in [1.29, 1.82) is 0 Å². The summed E-state index contributed by atoms with van der Waals surface area (Å²) in [5, 5.41) is 13.1. The molecule has 2 atom stereocenters. The van der Waals surface area contributed by atoms with Gasteiger partial charge in [0.05, 0.1) is 17.9 Å². The number of hydrogen-bond donors (Lipinski definition) is 3. The van der Waals surface area contributed by atoms with Gasteiger partial charge in [-0.15, -0.1) is 0 Å². The quantitative estimate of drug-likeness (QED) is 0.0545. The van der Waals surface area contributed by atoms with Gasteiger partial charge >= 0.3 is 0 Å². The van der Waals surface area contributed by atoms with E-state index in [0.29, 0.717) is 12.8 Å². The first-order valence-electron chi connectivity index (χ1n) is 15.5. The second-order valence-electron chi connectivity index (χ2n) is 10.4. The first-order chi connectivity index (χ1) is 19.3. The van der Waals surface area contributed by atoms with Crippen LogP contribution in [-0.4, -0.2) is 41.9 Å². The third-order valence-corrected chi connectivity index (χ3v) is 7.30. The fraction of sp³-hybridized carbons (Fsp3) is 0.667. The second-order valence-corrected chi connectivity index (χ2v) is 11.9. The molecule has 3 N–H and O–H groups in total. The predicted molar refractivity (Wildman–Crippen MR) is 170 cm³/mol. The summed E-state index contributed by atoms with van der Waals surface area (Å²) in [5.74, 6) is -1.07. The molecule has 0 rings (SSSR count). The number of nitrogens with one attached hydrogen (secondary N) is 1. The number of amides is 1. The molecule has 0 fully saturated rings. The highest BCUT2D eigenvalue weighted by Crippen LogP contribution is 2.14. The molecule has 0 radical (unpaired) electrons. The zero-order valence-electron chi connectivity index (χ0n) is 25.2. The highest BCUT2D eigenvalue weighted by molar-refractivity contribution is 7.85. The lowest BCUT2D eigenvalue weighted by Crippen LogP contribution is -2.47. The van der Waals surface area contributed by atoms with E-state index in [1.165, 1.54) is 44.9 Å². The van der Waals surface area contributed by atoms with Crippen molar-refractivity contribution < 1.29 is 22.9 Å². The normalized spacial score (nSPS) is 14.4. The molecule has 0 aromatic rings. The molecule has 0 saturated heterocycles. The zero-order valence-corrected chi connectivity index (χ0v) is 26.0. The van der Waals surface area contributed by atoms with E-state index in [1.807, 2.05) is 12.2 Å². The fourth-order valence-corrected chi connectivity index (χ4v) is 4.98. The van der Waals surface area contributed by atoms with Gasteiger partial charge in [-0.05, 0) is 38.5 Å². The van der Waals surface area contributed by atoms with Crippen molar-refractivity contribution in [2.75, 3.05) is 5.75 Å². The number of unbranched alkanes of at least 4 members (excludes halogenated alkanes) is 9. The highest BCUT2D eigenvalue weighted by Gasteiger charge is 2.25. The molecule has 0 bridgehead atoms. The van der Waals surface area contributed by atoms with Crippen LogP contribution in [0.25, 0.3) is 0 Å². The Balaban J connectivity index is 4.22. The Kier molecular flexibility index (Phi) is 25.9. The van der Waals surface area contributed by atoms with Crippen LogP contribution in [0, 0.1) is 0 Å². The maximum atomic E-state index is 12.3. The van der Waals surface area contributed by atoms with Crippen LogP contribution in [0.5, 0.6) is 0 Å². The molecule has 0 heterocycles. The van der Waals surface area contributed by atoms with E-state index in [0.717, 1.165) is 44.9 Å². The molecule has 40 heavy (non-hydrogen) atoms. The van der Waals surface area contributed by atoms with Crippen LogP contribution in [0.3, 0.4) is 0 Å². The van der Waals surface area contributed by atoms with E-state index < -0.39 is 28.0 Å². The third-order valence-electron chi connectivity index (χ3n) is 6.52. The molecular formula is C33H57NO5S. The summed E-state index contributed by atoms with van der Waals surface area (Å²) >= 11 is 0. The van der Waals surface area contributed by atoms with E-state index in [9.17, 15) is 22.9 Å². The topological polar surface area (TPSA) is 104 Å². The van der Waals surface area contributed by atoms with Crippen molar-refractivity contribution in [3.63, 3.8) is 0 Å². The highest BCUT2D eigenvalue weighted by atomic mass is 32.2. The van der Waals surface area contributed by atoms with Gasteiger partial charge in [0.2, 0.25) is 5.91 Å². The molecule has 230 valence electrons. The Bertz CT molecular complexity index is 858. The van der Waals surface area contributed by atoms with Gasteiger partial charge in [-0.25, -0.2) is 0 Å². The molecule has 0 aliphatic heterocycles. The second kappa shape index (κ2) is 27.2. The van der Waals surface area contributed by atoms with E-state index in [4.69, 9.17) is 0 Å². The molecule has 0 aliphatic carbocycles. The summed E-state index contributed by atoms with van der Waals surface area (Å²) in [4.78, 5) is 12.3. The van der Waals surface area contributed by atoms with Crippen LogP contribution in [-0.2, 0) is 14.9 Å². The van der Waals surface area contributed by atoms with Gasteiger partial charge in [0.25, 0.3) is 10.1 Å². The molecule has 2 unspecified atom stereocenters. The molecule has 0 spiro atoms. The van der Waals surface area contributed by atoms with E-state index in [1.54, 1.807) is 6.08 Å². The van der Waals surface area contributed by atoms with Crippen molar-refractivity contribution in [1.82, 2.24) is 5.32 Å². The van der Waals surface area contributed by atoms with Crippen molar-refractivity contribution in [2.45, 2.75) is 135 Å². The molecule has 0 aromatic carbocycles. The average molecular weight is 580 g/mol. The van der Waals surface area contributed by atoms with Crippen molar-refractivity contribution in [3.05, 3.63) is 60.8 Å². The van der Waals surface area contributed by atoms with Crippen molar-refractivity contribution in [2.24, 2.45) is 0 Å². The van der Waals surface area contributed by atoms with Gasteiger partial charge < -0.3 is 10.4 Å². The first-order valence-corrected chi connectivity index (χ1v) is 17.1. The van der Waals surface area contributed by atoms with E-state index in [-0.39, 0.29) is 12.3 Å². The standard InChI is InChI=1S/C33H57NO5S/c1-3-5-7-9-11-13-15-16-17-18-19-21-23-25-27-29-33(36)34-31(30-40(37,38)39)32(35)28-26-24-22-20-14-12-10-8-6-4-2/h5,7,11,13,16-17,19,21,25,27,31-32,35H,3-4,6,8-10,12,14-15,18,20,22-24,26,28-30H2,1-2H3,(H,34,36)(H,37,38,39)/b7-5-,13-11-,17-16-,21-19-,27-25-. The van der Waals surface area contributed by atoms with Gasteiger partial charge in [-0.1, -0.05) is 139 Å². The van der Waals surface area contributed by atoms with Crippen LogP contribution < -0.4 is 5.32 Å². The van der Waals surface area contributed by atoms with Crippen LogP contribution in [0.15, 0.2) is 60.8 Å². The lowest BCUT2D eigenvalue weighted by molar-refractivity contribution is -0.121. The van der Waals surface area contributed by atoms with Gasteiger partial charge in [0.1, 0.15) is 0 Å². The minimum Gasteiger partial charge on any atom is -0.391 e. The summed E-state index contributed by atoms with van der Waals surface area (Å²) in [5.41, 5.74) is 0. The molecule has 7 heteroatoms. The fourth-order valence-electron chi connectivity index (χ4n) is 4.22. The molecular weight excluding hydrogens is 522 g/mol. The Morgan fingerprint density at radius 3 is 1.55 bits per heavy atom. The Hall–Kier alpha value is -1.96. The van der Waals surface area contributed by atoms with Gasteiger partial charge in [0, 0.05) is 6.42 Å². The maximum absolute atomic E-state index is 12.3. The minimum atomic E-state index is -4.33. The molecule has 0 aromatic heterocycles. The summed E-state index contributed by atoms with van der Waals surface area (Å²) in [6.45, 7) is 4.34. The van der Waals surface area contributed by atoms with E-state index >= 15 is 0 Å². The third kappa shape index (κ3) is 27.6. The van der Waals surface area contributed by atoms with Crippen molar-refractivity contribution in [3.8, 4) is 0 Å². The first kappa shape index (κ1) is 38.0. The number of rotatable bonds is 26. The number of carbonyl (C=O) groups is 1. The summed E-state index contributed by atoms with van der Waals surface area (Å²) < 4.78 is 32.2. The lowest BCUT2D eigenvalue weighted by atomic mass is 10.0. The predicted octanol–water partition coefficient (Wildman–Crippen LogP) is 8.17. The van der Waals surface area contributed by atoms with Crippen LogP contribution >= 0.6 is 0 Å².